The van der Waals surface area contributed by atoms with Gasteiger partial charge in [0, 0.05) is 21.9 Å². The summed E-state index contributed by atoms with van der Waals surface area (Å²) in [6, 6.07) is 52.7. The number of fused-ring (bicyclic) bond motifs is 6. The van der Waals surface area contributed by atoms with E-state index in [9.17, 15) is 0 Å². The quantitative estimate of drug-likeness (QED) is 0.212. The molecule has 1 aliphatic heterocycles. The first-order chi connectivity index (χ1) is 22.3. The van der Waals surface area contributed by atoms with E-state index >= 15 is 0 Å². The second-order valence-corrected chi connectivity index (χ2v) is 11.4. The Balaban J connectivity index is 1.36. The van der Waals surface area contributed by atoms with E-state index in [0.29, 0.717) is 5.84 Å². The van der Waals surface area contributed by atoms with Crippen molar-refractivity contribution < 1.29 is 4.42 Å². The van der Waals surface area contributed by atoms with Gasteiger partial charge in [0.2, 0.25) is 0 Å². The number of hydrogen-bond donors (Lipinski definition) is 1. The van der Waals surface area contributed by atoms with Crippen LogP contribution in [0.3, 0.4) is 0 Å². The minimum atomic E-state index is -0.337. The molecule has 0 aliphatic carbocycles. The fraction of sp³-hybridized carbons (Fsp3) is 0.0244. The number of amidine groups is 2. The molecule has 45 heavy (non-hydrogen) atoms. The smallest absolute Gasteiger partial charge is 0.160 e. The molecule has 212 valence electrons. The molecule has 9 rings (SSSR count). The maximum absolute atomic E-state index is 6.39. The van der Waals surface area contributed by atoms with Crippen LogP contribution in [0.1, 0.15) is 22.9 Å². The number of furan rings is 1. The molecule has 7 aromatic carbocycles. The fourth-order valence-corrected chi connectivity index (χ4v) is 6.66. The third kappa shape index (κ3) is 4.22. The predicted octanol–water partition coefficient (Wildman–Crippen LogP) is 10.1. The van der Waals surface area contributed by atoms with Gasteiger partial charge in [0.25, 0.3) is 0 Å². The Hall–Kier alpha value is -6.00. The highest BCUT2D eigenvalue weighted by Gasteiger charge is 2.27. The maximum atomic E-state index is 6.39. The van der Waals surface area contributed by atoms with E-state index in [1.54, 1.807) is 0 Å². The van der Waals surface area contributed by atoms with Crippen LogP contribution in [0.25, 0.3) is 54.6 Å². The zero-order valence-electron chi connectivity index (χ0n) is 24.3. The normalized spacial score (nSPS) is 14.9. The monoisotopic (exact) mass is 577 g/mol. The van der Waals surface area contributed by atoms with Crippen molar-refractivity contribution >= 4 is 55.2 Å². The average Bonchev–Trinajstić information content (AvgIpc) is 3.50. The Morgan fingerprint density at radius 2 is 1.20 bits per heavy atom. The van der Waals surface area contributed by atoms with Gasteiger partial charge in [0.05, 0.1) is 0 Å². The summed E-state index contributed by atoms with van der Waals surface area (Å²) in [6.45, 7) is 0. The Labute approximate surface area is 260 Å². The van der Waals surface area contributed by atoms with E-state index in [2.05, 4.69) is 133 Å². The first kappa shape index (κ1) is 25.5. The van der Waals surface area contributed by atoms with E-state index in [1.807, 2.05) is 24.3 Å². The Morgan fingerprint density at radius 1 is 0.533 bits per heavy atom. The molecular formula is C41H27N3O. The van der Waals surface area contributed by atoms with Crippen LogP contribution in [0.2, 0.25) is 0 Å². The van der Waals surface area contributed by atoms with E-state index in [1.165, 1.54) is 10.8 Å². The van der Waals surface area contributed by atoms with Gasteiger partial charge in [0.15, 0.2) is 5.84 Å². The van der Waals surface area contributed by atoms with Crippen LogP contribution in [0, 0.1) is 0 Å². The topological polar surface area (TPSA) is 49.9 Å². The van der Waals surface area contributed by atoms with Gasteiger partial charge in [-0.3, -0.25) is 0 Å². The first-order valence-corrected chi connectivity index (χ1v) is 15.2. The minimum Gasteiger partial charge on any atom is -0.456 e. The van der Waals surface area contributed by atoms with E-state index in [4.69, 9.17) is 14.4 Å². The van der Waals surface area contributed by atoms with Gasteiger partial charge in [-0.15, -0.1) is 0 Å². The van der Waals surface area contributed by atoms with Crippen LogP contribution < -0.4 is 5.32 Å². The molecule has 0 amide bonds. The van der Waals surface area contributed by atoms with Crippen LogP contribution in [0.15, 0.2) is 166 Å². The maximum Gasteiger partial charge on any atom is 0.160 e. The lowest BCUT2D eigenvalue weighted by molar-refractivity contribution is 0.668. The van der Waals surface area contributed by atoms with Crippen LogP contribution in [-0.4, -0.2) is 11.7 Å². The molecule has 1 unspecified atom stereocenters. The van der Waals surface area contributed by atoms with Crippen molar-refractivity contribution in [1.82, 2.24) is 5.32 Å². The van der Waals surface area contributed by atoms with Crippen LogP contribution >= 0.6 is 0 Å². The van der Waals surface area contributed by atoms with Gasteiger partial charge < -0.3 is 9.73 Å². The van der Waals surface area contributed by atoms with Crippen LogP contribution in [0.4, 0.5) is 0 Å². The summed E-state index contributed by atoms with van der Waals surface area (Å²) < 4.78 is 6.39. The lowest BCUT2D eigenvalue weighted by Gasteiger charge is -2.26. The summed E-state index contributed by atoms with van der Waals surface area (Å²) in [7, 11) is 0. The fourth-order valence-electron chi connectivity index (χ4n) is 6.66. The number of hydrogen-bond acceptors (Lipinski definition) is 4. The average molecular weight is 578 g/mol. The minimum absolute atomic E-state index is 0.337. The zero-order chi connectivity index (χ0) is 29.7. The second-order valence-electron chi connectivity index (χ2n) is 11.4. The number of rotatable bonds is 4. The van der Waals surface area contributed by atoms with Crippen molar-refractivity contribution in [2.45, 2.75) is 6.17 Å². The summed E-state index contributed by atoms with van der Waals surface area (Å²) in [5, 5.41) is 10.5. The molecule has 1 atom stereocenters. The lowest BCUT2D eigenvalue weighted by Crippen LogP contribution is -2.34. The molecular weight excluding hydrogens is 550 g/mol. The molecule has 2 heterocycles. The third-order valence-electron chi connectivity index (χ3n) is 8.73. The Bertz CT molecular complexity index is 2460. The largest absolute Gasteiger partial charge is 0.456 e. The molecule has 1 aliphatic rings. The molecule has 0 spiro atoms. The second kappa shape index (κ2) is 10.3. The van der Waals surface area contributed by atoms with Crippen molar-refractivity contribution in [1.29, 1.82) is 0 Å². The van der Waals surface area contributed by atoms with Gasteiger partial charge >= 0.3 is 0 Å². The van der Waals surface area contributed by atoms with Crippen molar-refractivity contribution in [3.63, 3.8) is 0 Å². The zero-order valence-corrected chi connectivity index (χ0v) is 24.3. The number of benzene rings is 7. The molecule has 1 aromatic heterocycles. The van der Waals surface area contributed by atoms with Crippen LogP contribution in [-0.2, 0) is 0 Å². The van der Waals surface area contributed by atoms with E-state index < -0.39 is 0 Å². The Kier molecular flexibility index (Phi) is 5.85. The number of aliphatic imine (C=N–C) groups is 2. The highest BCUT2D eigenvalue weighted by Crippen LogP contribution is 2.39. The van der Waals surface area contributed by atoms with Crippen molar-refractivity contribution in [3.05, 3.63) is 168 Å². The van der Waals surface area contributed by atoms with E-state index in [-0.39, 0.29) is 6.17 Å². The molecule has 4 nitrogen and oxygen atoms in total. The predicted molar refractivity (Wildman–Crippen MR) is 186 cm³/mol. The van der Waals surface area contributed by atoms with Gasteiger partial charge in [-0.2, -0.15) is 0 Å². The van der Waals surface area contributed by atoms with Gasteiger partial charge in [-0.05, 0) is 62.5 Å². The molecule has 0 fully saturated rings. The van der Waals surface area contributed by atoms with Gasteiger partial charge in [0.1, 0.15) is 23.2 Å². The van der Waals surface area contributed by atoms with Crippen molar-refractivity contribution in [3.8, 4) is 11.1 Å². The molecule has 1 N–H and O–H groups in total. The van der Waals surface area contributed by atoms with Crippen LogP contribution in [0.5, 0.6) is 0 Å². The Morgan fingerprint density at radius 3 is 2.02 bits per heavy atom. The highest BCUT2D eigenvalue weighted by molar-refractivity contribution is 6.27. The number of para-hydroxylation sites is 1. The molecule has 4 heteroatoms. The summed E-state index contributed by atoms with van der Waals surface area (Å²) in [6.07, 6.45) is -0.337. The van der Waals surface area contributed by atoms with Gasteiger partial charge in [-0.1, -0.05) is 127 Å². The van der Waals surface area contributed by atoms with Crippen molar-refractivity contribution in [2.24, 2.45) is 9.98 Å². The summed E-state index contributed by atoms with van der Waals surface area (Å²) >= 11 is 0. The van der Waals surface area contributed by atoms with Crippen molar-refractivity contribution in [2.75, 3.05) is 0 Å². The molecule has 0 bridgehead atoms. The van der Waals surface area contributed by atoms with E-state index in [0.717, 1.165) is 66.4 Å². The summed E-state index contributed by atoms with van der Waals surface area (Å²) in [5.41, 5.74) is 6.95. The SMILES string of the molecule is c1ccc(-c2ccc3oc4ccccc4c3c2C2=NC(c3cc4ccccc4c4ccccc34)=NC(c3ccccc3)N2)cc1. The highest BCUT2D eigenvalue weighted by atomic mass is 16.3. The molecule has 8 aromatic rings. The first-order valence-electron chi connectivity index (χ1n) is 15.2. The molecule has 0 saturated heterocycles. The lowest BCUT2D eigenvalue weighted by atomic mass is 9.93. The summed E-state index contributed by atoms with van der Waals surface area (Å²) in [4.78, 5) is 10.7. The number of nitrogens with one attached hydrogen (secondary N) is 1. The van der Waals surface area contributed by atoms with Gasteiger partial charge in [-0.25, -0.2) is 9.98 Å². The number of nitrogens with zero attached hydrogens (tertiary/aromatic N) is 2. The molecule has 0 saturated carbocycles. The standard InChI is InChI=1S/C41H27N3O/c1-3-13-26(14-4-1)30-23-24-36-37(33-21-11-12-22-35(33)45-36)38(30)41-43-39(27-15-5-2-6-16-27)42-40(44-41)34-25-28-17-7-8-18-29(28)31-19-9-10-20-32(31)34/h1-25,39H,(H,42,43,44). The third-order valence-corrected chi connectivity index (χ3v) is 8.73. The summed E-state index contributed by atoms with van der Waals surface area (Å²) in [5.74, 6) is 1.46. The molecule has 0 radical (unpaired) electrons.